The van der Waals surface area contributed by atoms with Crippen LogP contribution in [0.3, 0.4) is 0 Å². The SMILES string of the molecule is CCCCCCCCCCCC[S+]([O-])C(CC(=O)[O-])C(=O)[O-].[Na+].[Na+]. The Bertz CT molecular complexity index is 319. The van der Waals surface area contributed by atoms with Gasteiger partial charge in [0.2, 0.25) is 0 Å². The molecule has 130 valence electrons. The van der Waals surface area contributed by atoms with Gasteiger partial charge in [0.15, 0.2) is 5.25 Å². The molecule has 0 aromatic rings. The summed E-state index contributed by atoms with van der Waals surface area (Å²) in [5, 5.41) is 19.7. The van der Waals surface area contributed by atoms with E-state index in [2.05, 4.69) is 6.92 Å². The van der Waals surface area contributed by atoms with Crippen LogP contribution in [0.15, 0.2) is 0 Å². The van der Waals surface area contributed by atoms with Crippen molar-refractivity contribution in [2.45, 2.75) is 82.8 Å². The molecular formula is C16H28Na2O5S. The molecule has 0 aromatic carbocycles. The summed E-state index contributed by atoms with van der Waals surface area (Å²) in [5.41, 5.74) is 0. The maximum absolute atomic E-state index is 11.8. The first-order chi connectivity index (χ1) is 10.5. The summed E-state index contributed by atoms with van der Waals surface area (Å²) >= 11 is -1.70. The van der Waals surface area contributed by atoms with E-state index < -0.39 is 34.8 Å². The van der Waals surface area contributed by atoms with Gasteiger partial charge < -0.3 is 24.4 Å². The molecule has 0 saturated heterocycles. The van der Waals surface area contributed by atoms with Gasteiger partial charge in [-0.15, -0.1) is 0 Å². The van der Waals surface area contributed by atoms with Gasteiger partial charge in [0.1, 0.15) is 5.75 Å². The van der Waals surface area contributed by atoms with Gasteiger partial charge in [-0.3, -0.25) is 0 Å². The van der Waals surface area contributed by atoms with E-state index in [-0.39, 0.29) is 64.9 Å². The van der Waals surface area contributed by atoms with Crippen molar-refractivity contribution < 1.29 is 83.5 Å². The minimum Gasteiger partial charge on any atom is -0.616 e. The Morgan fingerprint density at radius 2 is 1.25 bits per heavy atom. The monoisotopic (exact) mass is 378 g/mol. The van der Waals surface area contributed by atoms with Crippen molar-refractivity contribution in [2.75, 3.05) is 5.75 Å². The van der Waals surface area contributed by atoms with E-state index >= 15 is 0 Å². The average Bonchev–Trinajstić information content (AvgIpc) is 2.46. The first kappa shape index (κ1) is 30.0. The number of aliphatic carboxylic acids is 2. The zero-order valence-corrected chi connectivity index (χ0v) is 20.3. The molecule has 0 aliphatic rings. The van der Waals surface area contributed by atoms with Gasteiger partial charge >= 0.3 is 59.1 Å². The molecule has 0 aliphatic heterocycles. The number of unbranched alkanes of at least 4 members (excludes halogenated alkanes) is 9. The Balaban J connectivity index is -0.00000220. The molecule has 5 nitrogen and oxygen atoms in total. The number of carbonyl (C=O) groups is 2. The second-order valence-electron chi connectivity index (χ2n) is 5.65. The fourth-order valence-corrected chi connectivity index (χ4v) is 3.62. The van der Waals surface area contributed by atoms with Crippen molar-refractivity contribution in [2.24, 2.45) is 0 Å². The summed E-state index contributed by atoms with van der Waals surface area (Å²) in [6, 6.07) is 0. The van der Waals surface area contributed by atoms with Crippen LogP contribution in [0.1, 0.15) is 77.6 Å². The first-order valence-electron chi connectivity index (χ1n) is 8.27. The summed E-state index contributed by atoms with van der Waals surface area (Å²) in [6.07, 6.45) is 10.6. The maximum atomic E-state index is 11.8. The van der Waals surface area contributed by atoms with E-state index in [4.69, 9.17) is 0 Å². The predicted molar refractivity (Wildman–Crippen MR) is 83.3 cm³/mol. The Hall–Kier alpha value is 1.25. The number of rotatable bonds is 15. The van der Waals surface area contributed by atoms with Crippen LogP contribution in [0, 0.1) is 0 Å². The average molecular weight is 378 g/mol. The molecular weight excluding hydrogens is 350 g/mol. The molecule has 0 rings (SSSR count). The molecule has 0 heterocycles. The summed E-state index contributed by atoms with van der Waals surface area (Å²) < 4.78 is 11.8. The van der Waals surface area contributed by atoms with Crippen LogP contribution in [0.5, 0.6) is 0 Å². The predicted octanol–water partition coefficient (Wildman–Crippen LogP) is -5.08. The molecule has 0 N–H and O–H groups in total. The molecule has 0 saturated carbocycles. The van der Waals surface area contributed by atoms with Crippen molar-refractivity contribution in [1.29, 1.82) is 0 Å². The molecule has 2 unspecified atom stereocenters. The molecule has 0 spiro atoms. The third-order valence-electron chi connectivity index (χ3n) is 3.63. The van der Waals surface area contributed by atoms with Crippen molar-refractivity contribution >= 4 is 23.1 Å². The second kappa shape index (κ2) is 20.6. The Kier molecular flexibility index (Phi) is 25.7. The summed E-state index contributed by atoms with van der Waals surface area (Å²) in [6.45, 7) is 2.20. The third-order valence-corrected chi connectivity index (χ3v) is 5.32. The Morgan fingerprint density at radius 1 is 0.833 bits per heavy atom. The molecule has 2 atom stereocenters. The van der Waals surface area contributed by atoms with Crippen LogP contribution in [0.25, 0.3) is 0 Å². The van der Waals surface area contributed by atoms with E-state index in [9.17, 15) is 24.4 Å². The van der Waals surface area contributed by atoms with E-state index in [1.165, 1.54) is 38.5 Å². The Labute approximate surface area is 193 Å². The van der Waals surface area contributed by atoms with Crippen LogP contribution in [-0.4, -0.2) is 27.5 Å². The van der Waals surface area contributed by atoms with E-state index in [1.807, 2.05) is 0 Å². The standard InChI is InChI=1S/C16H30O5S.2Na/c1-2-3-4-5-6-7-8-9-10-11-12-22(21)14(16(19)20)13-15(17)18;;/h14H,2-13H2,1H3,(H,17,18)(H,19,20);;/q;2*+1/p-2. The first-order valence-corrected chi connectivity index (χ1v) is 9.65. The van der Waals surface area contributed by atoms with Gasteiger partial charge in [0.05, 0.1) is 5.97 Å². The van der Waals surface area contributed by atoms with Gasteiger partial charge in [-0.1, -0.05) is 58.3 Å². The fraction of sp³-hybridized carbons (Fsp3) is 0.875. The molecule has 24 heavy (non-hydrogen) atoms. The number of carboxylic acids is 2. The zero-order chi connectivity index (χ0) is 16.8. The largest absolute Gasteiger partial charge is 1.00 e. The Morgan fingerprint density at radius 3 is 1.62 bits per heavy atom. The van der Waals surface area contributed by atoms with E-state index in [0.717, 1.165) is 19.3 Å². The van der Waals surface area contributed by atoms with Gasteiger partial charge in [0, 0.05) is 12.4 Å². The van der Waals surface area contributed by atoms with Crippen molar-refractivity contribution in [3.8, 4) is 0 Å². The number of carboxylic acid groups (broad SMARTS) is 2. The number of hydrogen-bond donors (Lipinski definition) is 0. The maximum Gasteiger partial charge on any atom is 1.00 e. The van der Waals surface area contributed by atoms with Crippen LogP contribution >= 0.6 is 0 Å². The molecule has 8 heteroatoms. The van der Waals surface area contributed by atoms with Crippen molar-refractivity contribution in [3.05, 3.63) is 0 Å². The second-order valence-corrected chi connectivity index (χ2v) is 7.39. The van der Waals surface area contributed by atoms with Gasteiger partial charge in [-0.2, -0.15) is 0 Å². The van der Waals surface area contributed by atoms with Crippen LogP contribution in [-0.2, 0) is 20.8 Å². The normalized spacial score (nSPS) is 12.6. The summed E-state index contributed by atoms with van der Waals surface area (Å²) in [7, 11) is 0. The topological polar surface area (TPSA) is 103 Å². The number of hydrogen-bond acceptors (Lipinski definition) is 5. The van der Waals surface area contributed by atoms with Crippen LogP contribution < -0.4 is 69.3 Å². The third kappa shape index (κ3) is 18.1. The van der Waals surface area contributed by atoms with E-state index in [1.54, 1.807) is 0 Å². The fourth-order valence-electron chi connectivity index (χ4n) is 2.31. The molecule has 0 radical (unpaired) electrons. The summed E-state index contributed by atoms with van der Waals surface area (Å²) in [4.78, 5) is 21.2. The van der Waals surface area contributed by atoms with Gasteiger partial charge in [-0.05, 0) is 24.0 Å². The quantitative estimate of drug-likeness (QED) is 0.161. The molecule has 0 aliphatic carbocycles. The smallest absolute Gasteiger partial charge is 0.616 e. The van der Waals surface area contributed by atoms with Crippen molar-refractivity contribution in [3.63, 3.8) is 0 Å². The molecule has 0 aromatic heterocycles. The van der Waals surface area contributed by atoms with E-state index in [0.29, 0.717) is 6.42 Å². The van der Waals surface area contributed by atoms with Gasteiger partial charge in [0.25, 0.3) is 0 Å². The van der Waals surface area contributed by atoms with Crippen LogP contribution in [0.2, 0.25) is 0 Å². The van der Waals surface area contributed by atoms with Crippen molar-refractivity contribution in [1.82, 2.24) is 0 Å². The number of carbonyl (C=O) groups excluding carboxylic acids is 2. The molecule has 0 fully saturated rings. The minimum absolute atomic E-state index is 0. The zero-order valence-electron chi connectivity index (χ0n) is 15.5. The van der Waals surface area contributed by atoms with Gasteiger partial charge in [-0.25, -0.2) is 0 Å². The minimum atomic E-state index is -1.70. The summed E-state index contributed by atoms with van der Waals surface area (Å²) in [5.74, 6) is -2.87. The van der Waals surface area contributed by atoms with Crippen LogP contribution in [0.4, 0.5) is 0 Å². The molecule has 0 amide bonds. The molecule has 0 bridgehead atoms.